The zero-order chi connectivity index (χ0) is 24.8. The van der Waals surface area contributed by atoms with Crippen LogP contribution in [0.1, 0.15) is 36.5 Å². The third kappa shape index (κ3) is 5.48. The normalized spacial score (nSPS) is 13.7. The van der Waals surface area contributed by atoms with E-state index in [0.717, 1.165) is 5.56 Å². The first-order chi connectivity index (χ1) is 16.2. The Morgan fingerprint density at radius 1 is 1.00 bits per heavy atom. The molecule has 0 aromatic heterocycles. The summed E-state index contributed by atoms with van der Waals surface area (Å²) in [6.07, 6.45) is 3.08. The molecule has 1 aliphatic rings. The standard InChI is InChI=1S/C25H25FN2O6/c1-4-33-24(29)20-14-27(13-17-7-10-19(26)11-8-17)15-21(25(30)34-5-2)23(20)18-9-6-16(3)22(12-18)28(31)32/h6-12,14-15,23H,4-5,13H2,1-3H3. The van der Waals surface area contributed by atoms with E-state index >= 15 is 0 Å². The van der Waals surface area contributed by atoms with E-state index in [-0.39, 0.29) is 42.4 Å². The number of benzene rings is 2. The third-order valence-electron chi connectivity index (χ3n) is 5.30. The first-order valence-electron chi connectivity index (χ1n) is 10.8. The smallest absolute Gasteiger partial charge is 0.336 e. The molecule has 3 rings (SSSR count). The molecule has 0 bridgehead atoms. The predicted molar refractivity (Wildman–Crippen MR) is 122 cm³/mol. The topological polar surface area (TPSA) is 99.0 Å². The van der Waals surface area contributed by atoms with Crippen molar-refractivity contribution in [1.82, 2.24) is 4.90 Å². The molecule has 34 heavy (non-hydrogen) atoms. The number of ether oxygens (including phenoxy) is 2. The molecule has 1 aliphatic heterocycles. The molecular weight excluding hydrogens is 443 g/mol. The maximum Gasteiger partial charge on any atom is 0.336 e. The molecular formula is C25H25FN2O6. The Hall–Kier alpha value is -4.01. The van der Waals surface area contributed by atoms with Gasteiger partial charge in [0.05, 0.1) is 35.2 Å². The number of rotatable bonds is 8. The van der Waals surface area contributed by atoms with Gasteiger partial charge in [-0.15, -0.1) is 0 Å². The van der Waals surface area contributed by atoms with Gasteiger partial charge in [-0.25, -0.2) is 14.0 Å². The maximum atomic E-state index is 13.3. The van der Waals surface area contributed by atoms with Crippen LogP contribution in [0.4, 0.5) is 10.1 Å². The van der Waals surface area contributed by atoms with Gasteiger partial charge in [0.1, 0.15) is 5.82 Å². The largest absolute Gasteiger partial charge is 0.463 e. The SMILES string of the molecule is CCOC(=O)C1=CN(Cc2ccc(F)cc2)C=C(C(=O)OCC)C1c1ccc(C)c([N+](=O)[O-])c1. The summed E-state index contributed by atoms with van der Waals surface area (Å²) in [5, 5.41) is 11.5. The van der Waals surface area contributed by atoms with Crippen molar-refractivity contribution in [2.75, 3.05) is 13.2 Å². The molecule has 0 radical (unpaired) electrons. The van der Waals surface area contributed by atoms with Gasteiger partial charge >= 0.3 is 11.9 Å². The van der Waals surface area contributed by atoms with E-state index in [1.807, 2.05) is 0 Å². The van der Waals surface area contributed by atoms with E-state index in [1.165, 1.54) is 18.2 Å². The highest BCUT2D eigenvalue weighted by Gasteiger charge is 2.36. The summed E-state index contributed by atoms with van der Waals surface area (Å²) in [4.78, 5) is 38.5. The predicted octanol–water partition coefficient (Wildman–Crippen LogP) is 4.54. The van der Waals surface area contributed by atoms with E-state index in [2.05, 4.69) is 0 Å². The summed E-state index contributed by atoms with van der Waals surface area (Å²) in [7, 11) is 0. The van der Waals surface area contributed by atoms with Crippen molar-refractivity contribution >= 4 is 17.6 Å². The van der Waals surface area contributed by atoms with Crippen molar-refractivity contribution in [3.8, 4) is 0 Å². The highest BCUT2D eigenvalue weighted by Crippen LogP contribution is 2.39. The Morgan fingerprint density at radius 2 is 1.56 bits per heavy atom. The van der Waals surface area contributed by atoms with Crippen molar-refractivity contribution < 1.29 is 28.4 Å². The van der Waals surface area contributed by atoms with Gasteiger partial charge in [-0.2, -0.15) is 0 Å². The first-order valence-corrected chi connectivity index (χ1v) is 10.8. The molecule has 0 N–H and O–H groups in total. The minimum Gasteiger partial charge on any atom is -0.463 e. The lowest BCUT2D eigenvalue weighted by Crippen LogP contribution is -2.29. The van der Waals surface area contributed by atoms with Crippen LogP contribution in [0.2, 0.25) is 0 Å². The molecule has 2 aromatic rings. The molecule has 2 aromatic carbocycles. The van der Waals surface area contributed by atoms with Crippen molar-refractivity contribution in [2.45, 2.75) is 33.2 Å². The van der Waals surface area contributed by atoms with Crippen LogP contribution in [0.15, 0.2) is 66.0 Å². The Balaban J connectivity index is 2.13. The number of halogens is 1. The number of nitrogens with zero attached hydrogens (tertiary/aromatic N) is 2. The summed E-state index contributed by atoms with van der Waals surface area (Å²) >= 11 is 0. The second kappa shape index (κ2) is 10.7. The van der Waals surface area contributed by atoms with Crippen molar-refractivity contribution in [3.05, 3.63) is 98.6 Å². The van der Waals surface area contributed by atoms with Gasteiger partial charge in [-0.3, -0.25) is 10.1 Å². The number of hydrogen-bond acceptors (Lipinski definition) is 7. The quantitative estimate of drug-likeness (QED) is 0.319. The fourth-order valence-electron chi connectivity index (χ4n) is 3.73. The average molecular weight is 468 g/mol. The molecule has 0 saturated carbocycles. The molecule has 0 unspecified atom stereocenters. The monoisotopic (exact) mass is 468 g/mol. The second-order valence-corrected chi connectivity index (χ2v) is 7.64. The van der Waals surface area contributed by atoms with Crippen LogP contribution in [-0.2, 0) is 25.6 Å². The number of esters is 2. The van der Waals surface area contributed by atoms with Gasteiger partial charge in [0.2, 0.25) is 0 Å². The zero-order valence-corrected chi connectivity index (χ0v) is 19.1. The summed E-state index contributed by atoms with van der Waals surface area (Å²) < 4.78 is 23.8. The lowest BCUT2D eigenvalue weighted by Gasteiger charge is -2.30. The van der Waals surface area contributed by atoms with Gasteiger partial charge in [0.25, 0.3) is 5.69 Å². The Kier molecular flexibility index (Phi) is 7.78. The number of carbonyl (C=O) groups is 2. The van der Waals surface area contributed by atoms with Gasteiger partial charge in [0, 0.05) is 30.6 Å². The van der Waals surface area contributed by atoms with Crippen LogP contribution in [0.5, 0.6) is 0 Å². The Morgan fingerprint density at radius 3 is 2.06 bits per heavy atom. The minimum atomic E-state index is -0.929. The first kappa shape index (κ1) is 24.6. The van der Waals surface area contributed by atoms with Crippen molar-refractivity contribution in [3.63, 3.8) is 0 Å². The van der Waals surface area contributed by atoms with Crippen LogP contribution < -0.4 is 0 Å². The van der Waals surface area contributed by atoms with E-state index in [4.69, 9.17) is 9.47 Å². The lowest BCUT2D eigenvalue weighted by molar-refractivity contribution is -0.385. The van der Waals surface area contributed by atoms with Crippen LogP contribution in [0.25, 0.3) is 0 Å². The molecule has 178 valence electrons. The lowest BCUT2D eigenvalue weighted by atomic mass is 9.82. The Bertz CT molecular complexity index is 1120. The highest BCUT2D eigenvalue weighted by molar-refractivity contribution is 5.98. The van der Waals surface area contributed by atoms with E-state index in [1.54, 1.807) is 62.3 Å². The maximum absolute atomic E-state index is 13.3. The number of hydrogen-bond donors (Lipinski definition) is 0. The van der Waals surface area contributed by atoms with Crippen molar-refractivity contribution in [1.29, 1.82) is 0 Å². The average Bonchev–Trinajstić information content (AvgIpc) is 2.80. The van der Waals surface area contributed by atoms with Crippen LogP contribution >= 0.6 is 0 Å². The summed E-state index contributed by atoms with van der Waals surface area (Å²) in [6, 6.07) is 10.4. The third-order valence-corrected chi connectivity index (χ3v) is 5.30. The summed E-state index contributed by atoms with van der Waals surface area (Å²) in [6.45, 7) is 5.38. The number of nitro groups is 1. The molecule has 0 amide bonds. The van der Waals surface area contributed by atoms with Gasteiger partial charge in [0.15, 0.2) is 0 Å². The fraction of sp³-hybridized carbons (Fsp3) is 0.280. The van der Waals surface area contributed by atoms with Crippen LogP contribution in [-0.4, -0.2) is 35.0 Å². The summed E-state index contributed by atoms with van der Waals surface area (Å²) in [5.41, 5.74) is 1.71. The number of aryl methyl sites for hydroxylation is 1. The van der Waals surface area contributed by atoms with Gasteiger partial charge in [-0.1, -0.05) is 24.3 Å². The molecule has 9 heteroatoms. The van der Waals surface area contributed by atoms with Crippen LogP contribution in [0, 0.1) is 22.9 Å². The number of carbonyl (C=O) groups excluding carboxylic acids is 2. The molecule has 0 saturated heterocycles. The molecule has 0 atom stereocenters. The second-order valence-electron chi connectivity index (χ2n) is 7.64. The van der Waals surface area contributed by atoms with Crippen molar-refractivity contribution in [2.24, 2.45) is 0 Å². The van der Waals surface area contributed by atoms with E-state index in [9.17, 15) is 24.1 Å². The highest BCUT2D eigenvalue weighted by atomic mass is 19.1. The van der Waals surface area contributed by atoms with Crippen LogP contribution in [0.3, 0.4) is 0 Å². The van der Waals surface area contributed by atoms with Gasteiger partial charge in [-0.05, 0) is 44.0 Å². The molecule has 0 spiro atoms. The molecule has 0 aliphatic carbocycles. The number of nitro benzene ring substituents is 1. The van der Waals surface area contributed by atoms with E-state index < -0.39 is 22.8 Å². The molecule has 1 heterocycles. The zero-order valence-electron chi connectivity index (χ0n) is 19.1. The fourth-order valence-corrected chi connectivity index (χ4v) is 3.73. The molecule has 8 nitrogen and oxygen atoms in total. The van der Waals surface area contributed by atoms with E-state index in [0.29, 0.717) is 11.1 Å². The minimum absolute atomic E-state index is 0.105. The Labute approximate surface area is 196 Å². The summed E-state index contributed by atoms with van der Waals surface area (Å²) in [5.74, 6) is -2.62. The molecule has 0 fully saturated rings. The van der Waals surface area contributed by atoms with Gasteiger partial charge < -0.3 is 14.4 Å².